The summed E-state index contributed by atoms with van der Waals surface area (Å²) < 4.78 is 24.3. The molecule has 0 aliphatic carbocycles. The van der Waals surface area contributed by atoms with Crippen LogP contribution in [0.1, 0.15) is 19.4 Å². The van der Waals surface area contributed by atoms with Gasteiger partial charge in [-0.25, -0.2) is 18.4 Å². The fourth-order valence-electron chi connectivity index (χ4n) is 3.02. The molecule has 1 saturated heterocycles. The molecule has 1 aromatic heterocycles. The van der Waals surface area contributed by atoms with Gasteiger partial charge in [-0.1, -0.05) is 12.1 Å². The molecule has 1 aromatic carbocycles. The number of benzene rings is 1. The maximum absolute atomic E-state index is 12.3. The summed E-state index contributed by atoms with van der Waals surface area (Å²) in [6.07, 6.45) is 3.36. The van der Waals surface area contributed by atoms with Gasteiger partial charge in [0.05, 0.1) is 34.6 Å². The van der Waals surface area contributed by atoms with Crippen molar-refractivity contribution in [3.05, 3.63) is 42.2 Å². The van der Waals surface area contributed by atoms with Crippen LogP contribution >= 0.6 is 0 Å². The molecule has 1 amide bonds. The molecule has 2 aromatic rings. The van der Waals surface area contributed by atoms with Crippen LogP contribution in [-0.4, -0.2) is 67.7 Å². The largest absolute Gasteiger partial charge is 0.338 e. The first-order valence-electron chi connectivity index (χ1n) is 9.64. The van der Waals surface area contributed by atoms with Crippen LogP contribution in [0.4, 0.5) is 11.6 Å². The molecule has 3 rings (SSSR count). The quantitative estimate of drug-likeness (QED) is 0.762. The van der Waals surface area contributed by atoms with E-state index in [2.05, 4.69) is 32.1 Å². The summed E-state index contributed by atoms with van der Waals surface area (Å²) in [4.78, 5) is 25.7. The Kier molecular flexibility index (Phi) is 6.49. The average Bonchev–Trinajstić information content (AvgIpc) is 2.69. The first-order chi connectivity index (χ1) is 13.8. The lowest BCUT2D eigenvalue weighted by Gasteiger charge is -2.32. The van der Waals surface area contributed by atoms with Crippen molar-refractivity contribution in [2.45, 2.75) is 30.4 Å². The first kappa shape index (κ1) is 21.2. The highest BCUT2D eigenvalue weighted by atomic mass is 32.2. The zero-order chi connectivity index (χ0) is 21.0. The Labute approximate surface area is 171 Å². The summed E-state index contributed by atoms with van der Waals surface area (Å²) in [6, 6.07) is 6.43. The van der Waals surface area contributed by atoms with Gasteiger partial charge in [0.2, 0.25) is 11.9 Å². The van der Waals surface area contributed by atoms with E-state index in [-0.39, 0.29) is 17.2 Å². The third-order valence-corrected chi connectivity index (χ3v) is 7.12. The lowest BCUT2D eigenvalue weighted by molar-refractivity contribution is -0.115. The fourth-order valence-corrected chi connectivity index (χ4v) is 4.08. The predicted molar refractivity (Wildman–Crippen MR) is 113 cm³/mol. The van der Waals surface area contributed by atoms with Crippen LogP contribution in [0.15, 0.2) is 41.6 Å². The number of hydrogen-bond acceptors (Lipinski definition) is 7. The molecule has 0 atom stereocenters. The molecule has 156 valence electrons. The molecule has 0 radical (unpaired) electrons. The van der Waals surface area contributed by atoms with Crippen molar-refractivity contribution in [3.8, 4) is 0 Å². The molecule has 1 aliphatic heterocycles. The van der Waals surface area contributed by atoms with Crippen molar-refractivity contribution in [2.75, 3.05) is 43.4 Å². The summed E-state index contributed by atoms with van der Waals surface area (Å²) in [5.74, 6) is 0.457. The molecule has 0 spiro atoms. The molecule has 1 aliphatic rings. The summed E-state index contributed by atoms with van der Waals surface area (Å²) >= 11 is 0. The molecule has 0 bridgehead atoms. The smallest absolute Gasteiger partial charge is 0.228 e. The number of nitrogens with one attached hydrogen (secondary N) is 1. The maximum atomic E-state index is 12.3. The van der Waals surface area contributed by atoms with Crippen molar-refractivity contribution in [2.24, 2.45) is 0 Å². The molecule has 9 heteroatoms. The Balaban J connectivity index is 1.57. The fraction of sp³-hybridized carbons (Fsp3) is 0.450. The van der Waals surface area contributed by atoms with Crippen LogP contribution in [-0.2, 0) is 21.1 Å². The SMILES string of the molecule is CC(C)S(=O)(=O)c1ccc(CC(=O)Nc2cnc(N3CCN(C)CC3)nc2)cc1. The van der Waals surface area contributed by atoms with E-state index in [0.29, 0.717) is 11.6 Å². The Morgan fingerprint density at radius 1 is 1.07 bits per heavy atom. The summed E-state index contributed by atoms with van der Waals surface area (Å²) in [6.45, 7) is 7.00. The molecule has 1 fully saturated rings. The van der Waals surface area contributed by atoms with Gasteiger partial charge in [0.25, 0.3) is 0 Å². The number of amides is 1. The second-order valence-corrected chi connectivity index (χ2v) is 10.0. The molecular weight excluding hydrogens is 390 g/mol. The Bertz CT molecular complexity index is 935. The highest BCUT2D eigenvalue weighted by molar-refractivity contribution is 7.92. The monoisotopic (exact) mass is 417 g/mol. The number of carbonyl (C=O) groups excluding carboxylic acids is 1. The minimum atomic E-state index is -3.31. The molecule has 1 N–H and O–H groups in total. The molecule has 29 heavy (non-hydrogen) atoms. The van der Waals surface area contributed by atoms with Crippen LogP contribution in [0.3, 0.4) is 0 Å². The molecule has 0 saturated carbocycles. The first-order valence-corrected chi connectivity index (χ1v) is 11.2. The third-order valence-electron chi connectivity index (χ3n) is 4.95. The number of piperazine rings is 1. The van der Waals surface area contributed by atoms with E-state index < -0.39 is 15.1 Å². The van der Waals surface area contributed by atoms with E-state index in [9.17, 15) is 13.2 Å². The zero-order valence-electron chi connectivity index (χ0n) is 17.0. The minimum absolute atomic E-state index is 0.141. The summed E-state index contributed by atoms with van der Waals surface area (Å²) in [7, 11) is -1.22. The molecule has 0 unspecified atom stereocenters. The highest BCUT2D eigenvalue weighted by Crippen LogP contribution is 2.17. The number of aromatic nitrogens is 2. The van der Waals surface area contributed by atoms with Crippen molar-refractivity contribution >= 4 is 27.4 Å². The van der Waals surface area contributed by atoms with Crippen LogP contribution in [0.2, 0.25) is 0 Å². The van der Waals surface area contributed by atoms with Gasteiger partial charge >= 0.3 is 0 Å². The summed E-state index contributed by atoms with van der Waals surface area (Å²) in [5, 5.41) is 2.30. The van der Waals surface area contributed by atoms with Crippen LogP contribution in [0, 0.1) is 0 Å². The van der Waals surface area contributed by atoms with Gasteiger partial charge in [-0.15, -0.1) is 0 Å². The van der Waals surface area contributed by atoms with Gasteiger partial charge in [-0.2, -0.15) is 0 Å². The molecular formula is C20H27N5O3S. The van der Waals surface area contributed by atoms with Gasteiger partial charge in [-0.3, -0.25) is 4.79 Å². The predicted octanol–water partition coefficient (Wildman–Crippen LogP) is 1.59. The van der Waals surface area contributed by atoms with E-state index >= 15 is 0 Å². The van der Waals surface area contributed by atoms with Crippen LogP contribution in [0.5, 0.6) is 0 Å². The van der Waals surface area contributed by atoms with Gasteiger partial charge in [-0.05, 0) is 38.6 Å². The number of carbonyl (C=O) groups is 1. The lowest BCUT2D eigenvalue weighted by Crippen LogP contribution is -2.45. The number of hydrogen-bond donors (Lipinski definition) is 1. The lowest BCUT2D eigenvalue weighted by atomic mass is 10.1. The van der Waals surface area contributed by atoms with Gasteiger partial charge in [0.1, 0.15) is 0 Å². The van der Waals surface area contributed by atoms with Crippen molar-refractivity contribution < 1.29 is 13.2 Å². The number of nitrogens with zero attached hydrogens (tertiary/aromatic N) is 4. The van der Waals surface area contributed by atoms with Gasteiger partial charge < -0.3 is 15.1 Å². The highest BCUT2D eigenvalue weighted by Gasteiger charge is 2.19. The second kappa shape index (κ2) is 8.87. The Hall–Kier alpha value is -2.52. The number of sulfone groups is 1. The Morgan fingerprint density at radius 2 is 1.66 bits per heavy atom. The van der Waals surface area contributed by atoms with E-state index in [1.807, 2.05) is 0 Å². The Morgan fingerprint density at radius 3 is 2.21 bits per heavy atom. The van der Waals surface area contributed by atoms with Crippen molar-refractivity contribution in [1.82, 2.24) is 14.9 Å². The topological polar surface area (TPSA) is 95.5 Å². The number of anilines is 2. The van der Waals surface area contributed by atoms with E-state index in [1.165, 1.54) is 0 Å². The van der Waals surface area contributed by atoms with Gasteiger partial charge in [0, 0.05) is 26.2 Å². The summed E-state index contributed by atoms with van der Waals surface area (Å²) in [5.41, 5.74) is 1.27. The number of likely N-dealkylation sites (N-methyl/N-ethyl adjacent to an activating group) is 1. The normalized spacial score (nSPS) is 15.5. The van der Waals surface area contributed by atoms with E-state index in [4.69, 9.17) is 0 Å². The average molecular weight is 418 g/mol. The van der Waals surface area contributed by atoms with E-state index in [1.54, 1.807) is 50.5 Å². The van der Waals surface area contributed by atoms with Crippen molar-refractivity contribution in [1.29, 1.82) is 0 Å². The number of rotatable bonds is 6. The zero-order valence-corrected chi connectivity index (χ0v) is 17.8. The van der Waals surface area contributed by atoms with Crippen LogP contribution in [0.25, 0.3) is 0 Å². The van der Waals surface area contributed by atoms with Gasteiger partial charge in [0.15, 0.2) is 9.84 Å². The standard InChI is InChI=1S/C20H27N5O3S/c1-15(2)29(27,28)18-6-4-16(5-7-18)12-19(26)23-17-13-21-20(22-14-17)25-10-8-24(3)9-11-25/h4-7,13-15H,8-12H2,1-3H3,(H,23,26). The second-order valence-electron chi connectivity index (χ2n) is 7.52. The molecule has 8 nitrogen and oxygen atoms in total. The maximum Gasteiger partial charge on any atom is 0.228 e. The molecule has 2 heterocycles. The minimum Gasteiger partial charge on any atom is -0.338 e. The third kappa shape index (κ3) is 5.30. The van der Waals surface area contributed by atoms with E-state index in [0.717, 1.165) is 31.7 Å². The van der Waals surface area contributed by atoms with Crippen molar-refractivity contribution in [3.63, 3.8) is 0 Å². The van der Waals surface area contributed by atoms with Crippen LogP contribution < -0.4 is 10.2 Å².